The van der Waals surface area contributed by atoms with Crippen LogP contribution in [0.3, 0.4) is 0 Å². The molecule has 0 spiro atoms. The number of nitriles is 1. The third-order valence-electron chi connectivity index (χ3n) is 2.67. The summed E-state index contributed by atoms with van der Waals surface area (Å²) in [6.45, 7) is 5.03. The fraction of sp³-hybridized carbons (Fsp3) is 0.800. The van der Waals surface area contributed by atoms with E-state index in [-0.39, 0.29) is 12.3 Å². The summed E-state index contributed by atoms with van der Waals surface area (Å²) in [6.07, 6.45) is 2.28. The van der Waals surface area contributed by atoms with E-state index in [2.05, 4.69) is 13.8 Å². The average Bonchev–Trinajstić information content (AvgIpc) is 2.09. The maximum Gasteiger partial charge on any atom is 0.237 e. The lowest BCUT2D eigenvalue weighted by Gasteiger charge is -2.36. The van der Waals surface area contributed by atoms with E-state index in [1.165, 1.54) is 6.42 Å². The normalized spacial score (nSPS) is 28.2. The Morgan fingerprint density at radius 1 is 1.54 bits per heavy atom. The average molecular weight is 180 g/mol. The molecule has 3 heteroatoms. The summed E-state index contributed by atoms with van der Waals surface area (Å²) in [5.74, 6) is 0.570. The van der Waals surface area contributed by atoms with Gasteiger partial charge in [-0.1, -0.05) is 6.92 Å². The van der Waals surface area contributed by atoms with Crippen LogP contribution in [-0.4, -0.2) is 23.4 Å². The maximum atomic E-state index is 11.5. The highest BCUT2D eigenvalue weighted by Gasteiger charge is 2.26. The molecule has 1 aliphatic heterocycles. The van der Waals surface area contributed by atoms with Gasteiger partial charge in [0.2, 0.25) is 5.91 Å². The van der Waals surface area contributed by atoms with E-state index in [9.17, 15) is 4.79 Å². The van der Waals surface area contributed by atoms with Gasteiger partial charge in [0, 0.05) is 12.6 Å². The zero-order valence-corrected chi connectivity index (χ0v) is 8.29. The van der Waals surface area contributed by atoms with Gasteiger partial charge in [0.15, 0.2) is 0 Å². The molecule has 0 aromatic heterocycles. The molecule has 1 heterocycles. The minimum Gasteiger partial charge on any atom is -0.339 e. The van der Waals surface area contributed by atoms with Gasteiger partial charge in [-0.15, -0.1) is 0 Å². The first kappa shape index (κ1) is 10.0. The van der Waals surface area contributed by atoms with Crippen LogP contribution in [-0.2, 0) is 4.79 Å². The van der Waals surface area contributed by atoms with Crippen molar-refractivity contribution >= 4 is 5.91 Å². The summed E-state index contributed by atoms with van der Waals surface area (Å²) in [5, 5.41) is 8.42. The van der Waals surface area contributed by atoms with Crippen molar-refractivity contribution < 1.29 is 4.79 Å². The Morgan fingerprint density at radius 2 is 2.23 bits per heavy atom. The summed E-state index contributed by atoms with van der Waals surface area (Å²) >= 11 is 0. The van der Waals surface area contributed by atoms with Crippen LogP contribution >= 0.6 is 0 Å². The molecule has 1 fully saturated rings. The zero-order chi connectivity index (χ0) is 9.84. The first-order valence-electron chi connectivity index (χ1n) is 4.81. The van der Waals surface area contributed by atoms with E-state index in [0.29, 0.717) is 12.0 Å². The fourth-order valence-corrected chi connectivity index (χ4v) is 1.81. The van der Waals surface area contributed by atoms with Gasteiger partial charge in [0.1, 0.15) is 6.42 Å². The van der Waals surface area contributed by atoms with Gasteiger partial charge in [-0.05, 0) is 25.7 Å². The minimum absolute atomic E-state index is 0.0125. The quantitative estimate of drug-likeness (QED) is 0.614. The lowest BCUT2D eigenvalue weighted by atomic mass is 9.95. The van der Waals surface area contributed by atoms with E-state index < -0.39 is 0 Å². The SMILES string of the molecule is CC1CCC(C)N(C(=O)CC#N)C1. The third kappa shape index (κ3) is 2.45. The van der Waals surface area contributed by atoms with Gasteiger partial charge in [-0.25, -0.2) is 0 Å². The predicted molar refractivity (Wildman–Crippen MR) is 49.8 cm³/mol. The topological polar surface area (TPSA) is 44.1 Å². The molecule has 3 nitrogen and oxygen atoms in total. The molecule has 0 aromatic carbocycles. The van der Waals surface area contributed by atoms with E-state index in [1.54, 1.807) is 0 Å². The molecule has 1 saturated heterocycles. The molecule has 1 amide bonds. The molecule has 2 atom stereocenters. The van der Waals surface area contributed by atoms with Crippen LogP contribution in [0.1, 0.15) is 33.1 Å². The Kier molecular flexibility index (Phi) is 3.30. The molecule has 0 aliphatic carbocycles. The highest BCUT2D eigenvalue weighted by atomic mass is 16.2. The number of rotatable bonds is 1. The van der Waals surface area contributed by atoms with Crippen molar-refractivity contribution in [2.45, 2.75) is 39.2 Å². The molecule has 13 heavy (non-hydrogen) atoms. The van der Waals surface area contributed by atoms with Crippen molar-refractivity contribution in [3.8, 4) is 6.07 Å². The van der Waals surface area contributed by atoms with E-state index in [0.717, 1.165) is 13.0 Å². The number of carbonyl (C=O) groups excluding carboxylic acids is 1. The van der Waals surface area contributed by atoms with Gasteiger partial charge < -0.3 is 4.90 Å². The Labute approximate surface area is 79.3 Å². The van der Waals surface area contributed by atoms with Crippen molar-refractivity contribution in [3.63, 3.8) is 0 Å². The molecule has 0 bridgehead atoms. The van der Waals surface area contributed by atoms with E-state index in [1.807, 2.05) is 11.0 Å². The second kappa shape index (κ2) is 4.27. The molecule has 0 N–H and O–H groups in total. The van der Waals surface area contributed by atoms with Crippen LogP contribution in [0.25, 0.3) is 0 Å². The summed E-state index contributed by atoms with van der Waals surface area (Å²) in [7, 11) is 0. The summed E-state index contributed by atoms with van der Waals surface area (Å²) in [5.41, 5.74) is 0. The van der Waals surface area contributed by atoms with Crippen LogP contribution < -0.4 is 0 Å². The highest BCUT2D eigenvalue weighted by Crippen LogP contribution is 2.21. The number of carbonyl (C=O) groups is 1. The second-order valence-corrected chi connectivity index (χ2v) is 3.91. The Balaban J connectivity index is 2.56. The first-order valence-corrected chi connectivity index (χ1v) is 4.81. The van der Waals surface area contributed by atoms with Crippen LogP contribution in [0.4, 0.5) is 0 Å². The van der Waals surface area contributed by atoms with Crippen molar-refractivity contribution in [2.24, 2.45) is 5.92 Å². The Hall–Kier alpha value is -1.04. The lowest BCUT2D eigenvalue weighted by Crippen LogP contribution is -2.44. The van der Waals surface area contributed by atoms with Crippen molar-refractivity contribution in [2.75, 3.05) is 6.54 Å². The highest BCUT2D eigenvalue weighted by molar-refractivity contribution is 5.78. The zero-order valence-electron chi connectivity index (χ0n) is 8.29. The summed E-state index contributed by atoms with van der Waals surface area (Å²) in [6, 6.07) is 2.23. The molecule has 72 valence electrons. The number of amides is 1. The standard InChI is InChI=1S/C10H16N2O/c1-8-3-4-9(2)12(7-8)10(13)5-6-11/h8-9H,3-5,7H2,1-2H3. The molecule has 0 aromatic rings. The minimum atomic E-state index is -0.0125. The summed E-state index contributed by atoms with van der Waals surface area (Å²) < 4.78 is 0. The van der Waals surface area contributed by atoms with E-state index in [4.69, 9.17) is 5.26 Å². The van der Waals surface area contributed by atoms with Crippen molar-refractivity contribution in [3.05, 3.63) is 0 Å². The molecular formula is C10H16N2O. The monoisotopic (exact) mass is 180 g/mol. The number of piperidine rings is 1. The van der Waals surface area contributed by atoms with Crippen molar-refractivity contribution in [1.29, 1.82) is 5.26 Å². The number of nitrogens with zero attached hydrogens (tertiary/aromatic N) is 2. The van der Waals surface area contributed by atoms with Gasteiger partial charge in [-0.2, -0.15) is 5.26 Å². The molecular weight excluding hydrogens is 164 g/mol. The number of hydrogen-bond donors (Lipinski definition) is 0. The lowest BCUT2D eigenvalue weighted by molar-refractivity contribution is -0.134. The van der Waals surface area contributed by atoms with Crippen LogP contribution in [0.5, 0.6) is 0 Å². The maximum absolute atomic E-state index is 11.5. The Bertz CT molecular complexity index is 232. The molecule has 1 aliphatic rings. The summed E-state index contributed by atoms with van der Waals surface area (Å²) in [4.78, 5) is 13.3. The van der Waals surface area contributed by atoms with Crippen LogP contribution in [0.2, 0.25) is 0 Å². The van der Waals surface area contributed by atoms with Crippen LogP contribution in [0.15, 0.2) is 0 Å². The molecule has 0 radical (unpaired) electrons. The molecule has 2 unspecified atom stereocenters. The third-order valence-corrected chi connectivity index (χ3v) is 2.67. The fourth-order valence-electron chi connectivity index (χ4n) is 1.81. The molecule has 0 saturated carbocycles. The van der Waals surface area contributed by atoms with Crippen molar-refractivity contribution in [1.82, 2.24) is 4.90 Å². The molecule has 1 rings (SSSR count). The predicted octanol–water partition coefficient (Wildman–Crippen LogP) is 1.55. The van der Waals surface area contributed by atoms with Gasteiger partial charge in [0.05, 0.1) is 6.07 Å². The van der Waals surface area contributed by atoms with Gasteiger partial charge >= 0.3 is 0 Å². The largest absolute Gasteiger partial charge is 0.339 e. The first-order chi connectivity index (χ1) is 6.15. The number of likely N-dealkylation sites (tertiary alicyclic amines) is 1. The second-order valence-electron chi connectivity index (χ2n) is 3.91. The number of hydrogen-bond acceptors (Lipinski definition) is 2. The van der Waals surface area contributed by atoms with Crippen LogP contribution in [0, 0.1) is 17.2 Å². The van der Waals surface area contributed by atoms with Gasteiger partial charge in [0.25, 0.3) is 0 Å². The van der Waals surface area contributed by atoms with E-state index >= 15 is 0 Å². The smallest absolute Gasteiger partial charge is 0.237 e. The van der Waals surface area contributed by atoms with Gasteiger partial charge in [-0.3, -0.25) is 4.79 Å². The Morgan fingerprint density at radius 3 is 2.85 bits per heavy atom.